The molecule has 1 aromatic rings. The molecule has 1 aliphatic rings. The predicted octanol–water partition coefficient (Wildman–Crippen LogP) is 2.24. The molecule has 0 saturated carbocycles. The fraction of sp³-hybridized carbons (Fsp3) is 0.538. The minimum Gasteiger partial charge on any atom is -0.493 e. The fourth-order valence-electron chi connectivity index (χ4n) is 2.00. The smallest absolute Gasteiger partial charge is 0.127 e. The molecule has 100 valence electrons. The molecule has 0 fully saturated rings. The van der Waals surface area contributed by atoms with Gasteiger partial charge in [0.05, 0.1) is 6.61 Å². The summed E-state index contributed by atoms with van der Waals surface area (Å²) >= 11 is 3.53. The van der Waals surface area contributed by atoms with Crippen LogP contribution in [0.5, 0.6) is 5.75 Å². The minimum atomic E-state index is -0.775. The first-order chi connectivity index (χ1) is 8.58. The number of benzene rings is 1. The van der Waals surface area contributed by atoms with Crippen LogP contribution in [0, 0.1) is 0 Å². The first-order valence-electron chi connectivity index (χ1n) is 6.05. The molecule has 2 atom stereocenters. The molecule has 1 N–H and O–H groups in total. The van der Waals surface area contributed by atoms with Crippen molar-refractivity contribution in [2.75, 3.05) is 19.4 Å². The first kappa shape index (κ1) is 14.0. The summed E-state index contributed by atoms with van der Waals surface area (Å²) < 4.78 is 18.0. The number of halogens is 1. The van der Waals surface area contributed by atoms with Gasteiger partial charge in [-0.05, 0) is 24.6 Å². The summed E-state index contributed by atoms with van der Waals surface area (Å²) in [7, 11) is -0.775. The van der Waals surface area contributed by atoms with E-state index in [1.807, 2.05) is 6.92 Å². The highest BCUT2D eigenvalue weighted by molar-refractivity contribution is 9.10. The zero-order valence-electron chi connectivity index (χ0n) is 10.7. The number of nitrogens with one attached hydrogen (secondary N) is 1. The van der Waals surface area contributed by atoms with E-state index in [0.29, 0.717) is 0 Å². The molecule has 0 unspecified atom stereocenters. The minimum absolute atomic E-state index is 0.172. The summed E-state index contributed by atoms with van der Waals surface area (Å²) in [6.07, 6.45) is 2.73. The SMILES string of the molecule is C[C@@H](CNCc1cc(Br)cc2c1OCC2)[S@@](C)=O. The van der Waals surface area contributed by atoms with Crippen molar-refractivity contribution in [3.63, 3.8) is 0 Å². The molecule has 18 heavy (non-hydrogen) atoms. The number of ether oxygens (including phenoxy) is 1. The normalized spacial score (nSPS) is 17.1. The second kappa shape index (κ2) is 6.17. The van der Waals surface area contributed by atoms with Crippen LogP contribution in [0.4, 0.5) is 0 Å². The average Bonchev–Trinajstić information content (AvgIpc) is 2.76. The number of fused-ring (bicyclic) bond motifs is 1. The average molecular weight is 332 g/mol. The van der Waals surface area contributed by atoms with Gasteiger partial charge in [-0.2, -0.15) is 0 Å². The third kappa shape index (κ3) is 3.33. The number of hydrogen-bond donors (Lipinski definition) is 1. The molecule has 1 aliphatic heterocycles. The molecule has 0 bridgehead atoms. The van der Waals surface area contributed by atoms with Crippen molar-refractivity contribution in [1.29, 1.82) is 0 Å². The van der Waals surface area contributed by atoms with Gasteiger partial charge in [0.2, 0.25) is 0 Å². The lowest BCUT2D eigenvalue weighted by molar-refractivity contribution is 0.352. The molecule has 0 amide bonds. The molecule has 0 saturated heterocycles. The molecule has 1 heterocycles. The molecule has 1 aromatic carbocycles. The maximum Gasteiger partial charge on any atom is 0.127 e. The van der Waals surface area contributed by atoms with Crippen molar-refractivity contribution in [2.45, 2.75) is 25.1 Å². The summed E-state index contributed by atoms with van der Waals surface area (Å²) in [4.78, 5) is 0. The van der Waals surface area contributed by atoms with Crippen LogP contribution in [-0.4, -0.2) is 28.9 Å². The zero-order chi connectivity index (χ0) is 13.1. The molecule has 0 spiro atoms. The van der Waals surface area contributed by atoms with Crippen LogP contribution >= 0.6 is 15.9 Å². The molecule has 0 aromatic heterocycles. The summed E-state index contributed by atoms with van der Waals surface area (Å²) in [5.41, 5.74) is 2.44. The van der Waals surface area contributed by atoms with Gasteiger partial charge in [0.25, 0.3) is 0 Å². The largest absolute Gasteiger partial charge is 0.493 e. The van der Waals surface area contributed by atoms with Crippen molar-refractivity contribution in [3.05, 3.63) is 27.7 Å². The van der Waals surface area contributed by atoms with Gasteiger partial charge in [-0.15, -0.1) is 0 Å². The Kier molecular flexibility index (Phi) is 4.81. The van der Waals surface area contributed by atoms with Crippen molar-refractivity contribution in [1.82, 2.24) is 5.32 Å². The monoisotopic (exact) mass is 331 g/mol. The van der Waals surface area contributed by atoms with Gasteiger partial charge < -0.3 is 10.1 Å². The van der Waals surface area contributed by atoms with Gasteiger partial charge in [0.1, 0.15) is 5.75 Å². The Labute approximate surface area is 119 Å². The standard InChI is InChI=1S/C13H18BrNO2S/c1-9(18(2)16)7-15-8-11-6-12(14)5-10-3-4-17-13(10)11/h5-6,9,15H,3-4,7-8H2,1-2H3/t9-,18+/m0/s1. The third-order valence-electron chi connectivity index (χ3n) is 3.14. The molecule has 3 nitrogen and oxygen atoms in total. The van der Waals surface area contributed by atoms with Crippen LogP contribution < -0.4 is 10.1 Å². The van der Waals surface area contributed by atoms with Crippen molar-refractivity contribution in [2.24, 2.45) is 0 Å². The van der Waals surface area contributed by atoms with Gasteiger partial charge in [-0.25, -0.2) is 0 Å². The highest BCUT2D eigenvalue weighted by atomic mass is 79.9. The Balaban J connectivity index is 2.00. The topological polar surface area (TPSA) is 38.3 Å². The van der Waals surface area contributed by atoms with Crippen LogP contribution in [0.1, 0.15) is 18.1 Å². The number of rotatable bonds is 5. The van der Waals surface area contributed by atoms with Crippen LogP contribution in [0.25, 0.3) is 0 Å². The van der Waals surface area contributed by atoms with Crippen molar-refractivity contribution in [3.8, 4) is 5.75 Å². The van der Waals surface area contributed by atoms with Crippen molar-refractivity contribution < 1.29 is 8.95 Å². The van der Waals surface area contributed by atoms with E-state index in [4.69, 9.17) is 4.74 Å². The van der Waals surface area contributed by atoms with E-state index in [1.54, 1.807) is 6.26 Å². The highest BCUT2D eigenvalue weighted by Gasteiger charge is 2.17. The Morgan fingerprint density at radius 2 is 2.33 bits per heavy atom. The van der Waals surface area contributed by atoms with E-state index >= 15 is 0 Å². The Bertz CT molecular complexity index is 465. The Hall–Kier alpha value is -0.390. The van der Waals surface area contributed by atoms with E-state index in [1.165, 1.54) is 11.1 Å². The first-order valence-corrected chi connectivity index (χ1v) is 8.46. The van der Waals surface area contributed by atoms with Gasteiger partial charge in [0, 0.05) is 51.9 Å². The molecule has 2 rings (SSSR count). The molecule has 0 aliphatic carbocycles. The molecular formula is C13H18BrNO2S. The van der Waals surface area contributed by atoms with Gasteiger partial charge in [0.15, 0.2) is 0 Å². The maximum absolute atomic E-state index is 11.3. The lowest BCUT2D eigenvalue weighted by Gasteiger charge is -2.12. The van der Waals surface area contributed by atoms with Crippen LogP contribution in [0.15, 0.2) is 16.6 Å². The second-order valence-electron chi connectivity index (χ2n) is 4.59. The molecule has 0 radical (unpaired) electrons. The predicted molar refractivity (Wildman–Crippen MR) is 78.6 cm³/mol. The van der Waals surface area contributed by atoms with Crippen LogP contribution in [0.3, 0.4) is 0 Å². The van der Waals surface area contributed by atoms with Crippen LogP contribution in [-0.2, 0) is 23.8 Å². The molecular weight excluding hydrogens is 314 g/mol. The lowest BCUT2D eigenvalue weighted by atomic mass is 10.1. The van der Waals surface area contributed by atoms with Crippen molar-refractivity contribution >= 4 is 26.7 Å². The summed E-state index contributed by atoms with van der Waals surface area (Å²) in [6.45, 7) is 4.27. The van der Waals surface area contributed by atoms with Gasteiger partial charge >= 0.3 is 0 Å². The summed E-state index contributed by atoms with van der Waals surface area (Å²) in [5, 5.41) is 3.52. The summed E-state index contributed by atoms with van der Waals surface area (Å²) in [6, 6.07) is 4.21. The van der Waals surface area contributed by atoms with E-state index < -0.39 is 10.8 Å². The fourth-order valence-corrected chi connectivity index (χ4v) is 2.91. The number of hydrogen-bond acceptors (Lipinski definition) is 3. The highest BCUT2D eigenvalue weighted by Crippen LogP contribution is 2.32. The Morgan fingerprint density at radius 3 is 3.06 bits per heavy atom. The summed E-state index contributed by atoms with van der Waals surface area (Å²) in [5.74, 6) is 1.02. The quantitative estimate of drug-likeness (QED) is 0.899. The zero-order valence-corrected chi connectivity index (χ0v) is 13.1. The van der Waals surface area contributed by atoms with E-state index in [-0.39, 0.29) is 5.25 Å². The van der Waals surface area contributed by atoms with E-state index in [9.17, 15) is 4.21 Å². The van der Waals surface area contributed by atoms with E-state index in [2.05, 4.69) is 33.4 Å². The van der Waals surface area contributed by atoms with Gasteiger partial charge in [-0.3, -0.25) is 4.21 Å². The Morgan fingerprint density at radius 1 is 1.56 bits per heavy atom. The van der Waals surface area contributed by atoms with E-state index in [0.717, 1.165) is 36.3 Å². The van der Waals surface area contributed by atoms with Crippen LogP contribution in [0.2, 0.25) is 0 Å². The second-order valence-corrected chi connectivity index (χ2v) is 7.31. The lowest BCUT2D eigenvalue weighted by Crippen LogP contribution is -2.27. The molecule has 5 heteroatoms. The van der Waals surface area contributed by atoms with Gasteiger partial charge in [-0.1, -0.05) is 15.9 Å². The third-order valence-corrected chi connectivity index (χ3v) is 4.90. The maximum atomic E-state index is 11.3.